The first-order chi connectivity index (χ1) is 10.4. The van der Waals surface area contributed by atoms with Crippen LogP contribution in [0.3, 0.4) is 0 Å². The predicted octanol–water partition coefficient (Wildman–Crippen LogP) is 2.84. The van der Waals surface area contributed by atoms with Gasteiger partial charge in [-0.3, -0.25) is 4.79 Å². The quantitative estimate of drug-likeness (QED) is 0.735. The maximum Gasteiger partial charge on any atom is 0.341 e. The van der Waals surface area contributed by atoms with E-state index in [0.717, 1.165) is 12.0 Å². The van der Waals surface area contributed by atoms with Gasteiger partial charge in [-0.15, -0.1) is 0 Å². The summed E-state index contributed by atoms with van der Waals surface area (Å²) in [4.78, 5) is 22.4. The third-order valence-electron chi connectivity index (χ3n) is 3.16. The molecular weight excluding hydrogens is 282 g/mol. The monoisotopic (exact) mass is 307 g/mol. The number of carbonyl (C=O) groups excluding carboxylic acids is 1. The van der Waals surface area contributed by atoms with Crippen LogP contribution in [0.2, 0.25) is 0 Å². The summed E-state index contributed by atoms with van der Waals surface area (Å²) in [5.74, 6) is 0.460. The van der Waals surface area contributed by atoms with Gasteiger partial charge in [0.05, 0.1) is 0 Å². The Morgan fingerprint density at radius 3 is 2.64 bits per heavy atom. The van der Waals surface area contributed by atoms with Crippen LogP contribution in [0.25, 0.3) is 0 Å². The van der Waals surface area contributed by atoms with Crippen LogP contribution in [-0.2, 0) is 16.1 Å². The van der Waals surface area contributed by atoms with E-state index in [9.17, 15) is 9.59 Å². The Labute approximate surface area is 131 Å². The summed E-state index contributed by atoms with van der Waals surface area (Å²) < 4.78 is 5.11. The number of rotatable bonds is 9. The number of amides is 1. The van der Waals surface area contributed by atoms with Gasteiger partial charge in [-0.25, -0.2) is 4.79 Å². The summed E-state index contributed by atoms with van der Waals surface area (Å²) in [6.07, 6.45) is 1.55. The first-order valence-corrected chi connectivity index (χ1v) is 7.57. The molecule has 0 spiro atoms. The van der Waals surface area contributed by atoms with E-state index in [1.54, 1.807) is 18.2 Å². The van der Waals surface area contributed by atoms with E-state index >= 15 is 0 Å². The Morgan fingerprint density at radius 1 is 1.27 bits per heavy atom. The Kier molecular flexibility index (Phi) is 7.43. The van der Waals surface area contributed by atoms with Gasteiger partial charge in [0.1, 0.15) is 5.75 Å². The molecule has 0 radical (unpaired) electrons. The Hall–Kier alpha value is -2.04. The maximum atomic E-state index is 11.9. The molecule has 22 heavy (non-hydrogen) atoms. The van der Waals surface area contributed by atoms with E-state index in [0.29, 0.717) is 30.6 Å². The Balaban J connectivity index is 2.42. The van der Waals surface area contributed by atoms with Crippen LogP contribution < -0.4 is 10.1 Å². The minimum absolute atomic E-state index is 0.0324. The van der Waals surface area contributed by atoms with Gasteiger partial charge in [0.2, 0.25) is 5.91 Å². The highest BCUT2D eigenvalue weighted by molar-refractivity contribution is 5.76. The number of hydrogen-bond acceptors (Lipinski definition) is 3. The summed E-state index contributed by atoms with van der Waals surface area (Å²) in [7, 11) is 0. The molecule has 122 valence electrons. The predicted molar refractivity (Wildman–Crippen MR) is 84.7 cm³/mol. The number of aliphatic carboxylic acids is 1. The Morgan fingerprint density at radius 2 is 2.00 bits per heavy atom. The first kappa shape index (κ1) is 18.0. The number of nitrogens with one attached hydrogen (secondary N) is 1. The molecule has 1 unspecified atom stereocenters. The van der Waals surface area contributed by atoms with E-state index in [1.807, 2.05) is 6.07 Å². The largest absolute Gasteiger partial charge is 0.482 e. The average molecular weight is 307 g/mol. The van der Waals surface area contributed by atoms with Crippen LogP contribution in [0.4, 0.5) is 0 Å². The highest BCUT2D eigenvalue weighted by Crippen LogP contribution is 2.15. The van der Waals surface area contributed by atoms with Gasteiger partial charge < -0.3 is 15.2 Å². The SMILES string of the molecule is CC(C)CC(C)CC(=O)NCc1cccc(OCC(=O)O)c1. The summed E-state index contributed by atoms with van der Waals surface area (Å²) in [6.45, 7) is 6.42. The fourth-order valence-electron chi connectivity index (χ4n) is 2.37. The van der Waals surface area contributed by atoms with Crippen molar-refractivity contribution in [3.8, 4) is 5.75 Å². The van der Waals surface area contributed by atoms with Gasteiger partial charge in [0.15, 0.2) is 6.61 Å². The van der Waals surface area contributed by atoms with Gasteiger partial charge in [-0.1, -0.05) is 32.9 Å². The molecule has 1 amide bonds. The molecule has 0 aromatic heterocycles. The van der Waals surface area contributed by atoms with Crippen molar-refractivity contribution in [2.45, 2.75) is 40.2 Å². The Bertz CT molecular complexity index is 499. The zero-order valence-corrected chi connectivity index (χ0v) is 13.5. The second kappa shape index (κ2) is 9.07. The second-order valence-electron chi connectivity index (χ2n) is 6.05. The van der Waals surface area contributed by atoms with Crippen molar-refractivity contribution in [3.05, 3.63) is 29.8 Å². The maximum absolute atomic E-state index is 11.9. The highest BCUT2D eigenvalue weighted by atomic mass is 16.5. The van der Waals surface area contributed by atoms with Crippen molar-refractivity contribution >= 4 is 11.9 Å². The van der Waals surface area contributed by atoms with E-state index in [1.165, 1.54) is 0 Å². The van der Waals surface area contributed by atoms with Crippen LogP contribution in [0, 0.1) is 11.8 Å². The van der Waals surface area contributed by atoms with Gasteiger partial charge >= 0.3 is 5.97 Å². The normalized spacial score (nSPS) is 12.0. The van der Waals surface area contributed by atoms with Crippen LogP contribution in [0.5, 0.6) is 5.75 Å². The van der Waals surface area contributed by atoms with Crippen LogP contribution in [0.15, 0.2) is 24.3 Å². The summed E-state index contributed by atoms with van der Waals surface area (Å²) >= 11 is 0. The van der Waals surface area contributed by atoms with Gasteiger partial charge in [0.25, 0.3) is 0 Å². The van der Waals surface area contributed by atoms with Crippen molar-refractivity contribution in [1.29, 1.82) is 0 Å². The van der Waals surface area contributed by atoms with Crippen molar-refractivity contribution in [2.24, 2.45) is 11.8 Å². The van der Waals surface area contributed by atoms with Gasteiger partial charge in [-0.2, -0.15) is 0 Å². The first-order valence-electron chi connectivity index (χ1n) is 7.57. The van der Waals surface area contributed by atoms with Crippen LogP contribution in [-0.4, -0.2) is 23.6 Å². The fraction of sp³-hybridized carbons (Fsp3) is 0.529. The minimum Gasteiger partial charge on any atom is -0.482 e. The number of carbonyl (C=O) groups is 2. The number of ether oxygens (including phenoxy) is 1. The van der Waals surface area contributed by atoms with E-state index in [2.05, 4.69) is 26.1 Å². The zero-order valence-electron chi connectivity index (χ0n) is 13.5. The standard InChI is InChI=1S/C17H25NO4/c1-12(2)7-13(3)8-16(19)18-10-14-5-4-6-15(9-14)22-11-17(20)21/h4-6,9,12-13H,7-8,10-11H2,1-3H3,(H,18,19)(H,20,21). The third-order valence-corrected chi connectivity index (χ3v) is 3.16. The summed E-state index contributed by atoms with van der Waals surface area (Å²) in [5.41, 5.74) is 0.882. The van der Waals surface area contributed by atoms with E-state index in [-0.39, 0.29) is 12.5 Å². The average Bonchev–Trinajstić information content (AvgIpc) is 2.42. The molecule has 0 aliphatic rings. The molecule has 0 fully saturated rings. The number of hydrogen-bond donors (Lipinski definition) is 2. The van der Waals surface area contributed by atoms with E-state index < -0.39 is 5.97 Å². The molecule has 0 bridgehead atoms. The molecule has 0 saturated heterocycles. The molecule has 0 saturated carbocycles. The topological polar surface area (TPSA) is 75.6 Å². The zero-order chi connectivity index (χ0) is 16.5. The van der Waals surface area contributed by atoms with Crippen molar-refractivity contribution in [3.63, 3.8) is 0 Å². The lowest BCUT2D eigenvalue weighted by atomic mass is 9.96. The molecule has 5 heteroatoms. The molecule has 1 rings (SSSR count). The number of benzene rings is 1. The molecule has 0 aliphatic heterocycles. The van der Waals surface area contributed by atoms with Gasteiger partial charge in [-0.05, 0) is 36.0 Å². The highest BCUT2D eigenvalue weighted by Gasteiger charge is 2.10. The number of carboxylic acids is 1. The summed E-state index contributed by atoms with van der Waals surface area (Å²) in [5, 5.41) is 11.5. The van der Waals surface area contributed by atoms with Crippen LogP contribution >= 0.6 is 0 Å². The van der Waals surface area contributed by atoms with Gasteiger partial charge in [0, 0.05) is 13.0 Å². The molecular formula is C17H25NO4. The molecule has 1 atom stereocenters. The lowest BCUT2D eigenvalue weighted by Gasteiger charge is -2.14. The van der Waals surface area contributed by atoms with Crippen molar-refractivity contribution < 1.29 is 19.4 Å². The molecule has 2 N–H and O–H groups in total. The van der Waals surface area contributed by atoms with Crippen LogP contribution in [0.1, 0.15) is 39.2 Å². The summed E-state index contributed by atoms with van der Waals surface area (Å²) in [6, 6.07) is 7.07. The third kappa shape index (κ3) is 7.67. The van der Waals surface area contributed by atoms with Crippen molar-refractivity contribution in [1.82, 2.24) is 5.32 Å². The number of carboxylic acid groups (broad SMARTS) is 1. The smallest absolute Gasteiger partial charge is 0.341 e. The molecule has 1 aromatic carbocycles. The van der Waals surface area contributed by atoms with Crippen molar-refractivity contribution in [2.75, 3.05) is 6.61 Å². The lowest BCUT2D eigenvalue weighted by molar-refractivity contribution is -0.139. The molecule has 5 nitrogen and oxygen atoms in total. The minimum atomic E-state index is -1.02. The molecule has 1 aromatic rings. The molecule has 0 heterocycles. The second-order valence-corrected chi connectivity index (χ2v) is 6.05. The lowest BCUT2D eigenvalue weighted by Crippen LogP contribution is -2.24. The molecule has 0 aliphatic carbocycles. The fourth-order valence-corrected chi connectivity index (χ4v) is 2.37. The van der Waals surface area contributed by atoms with E-state index in [4.69, 9.17) is 9.84 Å².